The Labute approximate surface area is 110 Å². The van der Waals surface area contributed by atoms with Crippen LogP contribution in [-0.2, 0) is 0 Å². The summed E-state index contributed by atoms with van der Waals surface area (Å²) in [6, 6.07) is 9.60. The van der Waals surface area contributed by atoms with Crippen molar-refractivity contribution in [1.29, 1.82) is 0 Å². The molecule has 0 N–H and O–H groups in total. The molecular weight excluding hydrogens is 246 g/mol. The summed E-state index contributed by atoms with van der Waals surface area (Å²) < 4.78 is 1.96. The summed E-state index contributed by atoms with van der Waals surface area (Å²) in [5, 5.41) is 8.69. The lowest BCUT2D eigenvalue weighted by atomic mass is 10.2. The molecule has 0 saturated carbocycles. The summed E-state index contributed by atoms with van der Waals surface area (Å²) in [5.74, 6) is 0.494. The first-order valence-electron chi connectivity index (χ1n) is 5.79. The van der Waals surface area contributed by atoms with Gasteiger partial charge >= 0.3 is 0 Å². The fraction of sp³-hybridized carbons (Fsp3) is 0.308. The third kappa shape index (κ3) is 2.98. The number of rotatable bonds is 5. The lowest BCUT2D eigenvalue weighted by Gasteiger charge is -2.08. The van der Waals surface area contributed by atoms with Gasteiger partial charge in [0.15, 0.2) is 10.9 Å². The van der Waals surface area contributed by atoms with Gasteiger partial charge in [-0.25, -0.2) is 0 Å². The molecule has 0 aliphatic rings. The highest BCUT2D eigenvalue weighted by Crippen LogP contribution is 2.19. The number of ketones is 1. The largest absolute Gasteiger partial charge is 0.306 e. The molecule has 1 aromatic heterocycles. The van der Waals surface area contributed by atoms with E-state index in [1.165, 1.54) is 11.8 Å². The van der Waals surface area contributed by atoms with Gasteiger partial charge in [0, 0.05) is 11.6 Å². The normalized spacial score (nSPS) is 10.8. The molecule has 0 saturated heterocycles. The highest BCUT2D eigenvalue weighted by Gasteiger charge is 2.11. The van der Waals surface area contributed by atoms with Gasteiger partial charge in [-0.15, -0.1) is 10.2 Å². The molecule has 0 unspecified atom stereocenters. The van der Waals surface area contributed by atoms with Gasteiger partial charge in [-0.05, 0) is 13.8 Å². The minimum Gasteiger partial charge on any atom is -0.306 e. The predicted octanol–water partition coefficient (Wildman–Crippen LogP) is 2.83. The van der Waals surface area contributed by atoms with Crippen LogP contribution in [0, 0.1) is 0 Å². The van der Waals surface area contributed by atoms with Crippen molar-refractivity contribution < 1.29 is 4.79 Å². The van der Waals surface area contributed by atoms with E-state index in [0.29, 0.717) is 11.8 Å². The van der Waals surface area contributed by atoms with Gasteiger partial charge in [0.1, 0.15) is 6.33 Å². The number of carbonyl (C=O) groups excluding carboxylic acids is 1. The fourth-order valence-electron chi connectivity index (χ4n) is 1.53. The van der Waals surface area contributed by atoms with Crippen molar-refractivity contribution in [2.45, 2.75) is 25.0 Å². The van der Waals surface area contributed by atoms with Crippen LogP contribution in [0.25, 0.3) is 0 Å². The Bertz CT molecular complexity index is 522. The number of hydrogen-bond acceptors (Lipinski definition) is 4. The molecule has 0 fully saturated rings. The minimum absolute atomic E-state index is 0.110. The van der Waals surface area contributed by atoms with Crippen molar-refractivity contribution in [3.8, 4) is 0 Å². The van der Waals surface area contributed by atoms with Gasteiger partial charge in [-0.3, -0.25) is 4.79 Å². The Hall–Kier alpha value is -1.62. The second-order valence-electron chi connectivity index (χ2n) is 4.19. The first kappa shape index (κ1) is 12.8. The SMILES string of the molecule is CC(C)n1cnnc1SCC(=O)c1ccccc1. The molecule has 18 heavy (non-hydrogen) atoms. The van der Waals surface area contributed by atoms with Crippen LogP contribution in [-0.4, -0.2) is 26.3 Å². The Morgan fingerprint density at radius 1 is 1.33 bits per heavy atom. The van der Waals surface area contributed by atoms with Crippen LogP contribution in [0.1, 0.15) is 30.2 Å². The molecule has 5 heteroatoms. The van der Waals surface area contributed by atoms with Crippen molar-refractivity contribution in [2.24, 2.45) is 0 Å². The van der Waals surface area contributed by atoms with Crippen molar-refractivity contribution in [2.75, 3.05) is 5.75 Å². The van der Waals surface area contributed by atoms with E-state index in [2.05, 4.69) is 24.0 Å². The van der Waals surface area contributed by atoms with Gasteiger partial charge in [0.25, 0.3) is 0 Å². The maximum Gasteiger partial charge on any atom is 0.191 e. The zero-order chi connectivity index (χ0) is 13.0. The summed E-state index contributed by atoms with van der Waals surface area (Å²) in [7, 11) is 0. The number of benzene rings is 1. The molecule has 1 heterocycles. The molecule has 0 atom stereocenters. The summed E-state index contributed by atoms with van der Waals surface area (Å²) in [5.41, 5.74) is 0.737. The van der Waals surface area contributed by atoms with Crippen LogP contribution in [0.15, 0.2) is 41.8 Å². The molecule has 2 aromatic rings. The van der Waals surface area contributed by atoms with Crippen LogP contribution in [0.3, 0.4) is 0 Å². The maximum absolute atomic E-state index is 11.9. The molecule has 4 nitrogen and oxygen atoms in total. The van der Waals surface area contributed by atoms with Gasteiger partial charge < -0.3 is 4.57 Å². The molecule has 0 bridgehead atoms. The standard InChI is InChI=1S/C13H15N3OS/c1-10(2)16-9-14-15-13(16)18-8-12(17)11-6-4-3-5-7-11/h3-7,9-10H,8H2,1-2H3. The zero-order valence-corrected chi connectivity index (χ0v) is 11.2. The third-order valence-corrected chi connectivity index (χ3v) is 3.48. The molecule has 94 valence electrons. The van der Waals surface area contributed by atoms with Crippen LogP contribution < -0.4 is 0 Å². The van der Waals surface area contributed by atoms with Crippen LogP contribution in [0.4, 0.5) is 0 Å². The lowest BCUT2D eigenvalue weighted by Crippen LogP contribution is -2.05. The fourth-order valence-corrected chi connectivity index (χ4v) is 2.47. The molecule has 0 radical (unpaired) electrons. The highest BCUT2D eigenvalue weighted by molar-refractivity contribution is 7.99. The average Bonchev–Trinajstić information content (AvgIpc) is 2.85. The van der Waals surface area contributed by atoms with E-state index in [4.69, 9.17) is 0 Å². The van der Waals surface area contributed by atoms with Gasteiger partial charge in [0.2, 0.25) is 0 Å². The van der Waals surface area contributed by atoms with E-state index in [0.717, 1.165) is 10.7 Å². The van der Waals surface area contributed by atoms with Gasteiger partial charge in [-0.1, -0.05) is 42.1 Å². The number of Topliss-reactive ketones (excluding diaryl/α,β-unsaturated/α-hetero) is 1. The van der Waals surface area contributed by atoms with Crippen molar-refractivity contribution in [1.82, 2.24) is 14.8 Å². The highest BCUT2D eigenvalue weighted by atomic mass is 32.2. The Kier molecular flexibility index (Phi) is 4.15. The van der Waals surface area contributed by atoms with E-state index in [1.807, 2.05) is 34.9 Å². The summed E-state index contributed by atoms with van der Waals surface area (Å²) in [6.07, 6.45) is 1.69. The van der Waals surface area contributed by atoms with Crippen molar-refractivity contribution in [3.05, 3.63) is 42.2 Å². The smallest absolute Gasteiger partial charge is 0.191 e. The summed E-state index contributed by atoms with van der Waals surface area (Å²) in [6.45, 7) is 4.12. The van der Waals surface area contributed by atoms with E-state index < -0.39 is 0 Å². The summed E-state index contributed by atoms with van der Waals surface area (Å²) in [4.78, 5) is 11.9. The molecule has 0 amide bonds. The van der Waals surface area contributed by atoms with Gasteiger partial charge in [0.05, 0.1) is 5.75 Å². The van der Waals surface area contributed by atoms with E-state index in [1.54, 1.807) is 6.33 Å². The Morgan fingerprint density at radius 3 is 2.72 bits per heavy atom. The van der Waals surface area contributed by atoms with E-state index >= 15 is 0 Å². The van der Waals surface area contributed by atoms with Crippen LogP contribution in [0.2, 0.25) is 0 Å². The minimum atomic E-state index is 0.110. The molecule has 0 aliphatic heterocycles. The quantitative estimate of drug-likeness (QED) is 0.613. The first-order chi connectivity index (χ1) is 8.68. The van der Waals surface area contributed by atoms with Crippen LogP contribution in [0.5, 0.6) is 0 Å². The zero-order valence-electron chi connectivity index (χ0n) is 10.4. The molecule has 0 aliphatic carbocycles. The second kappa shape index (κ2) is 5.82. The van der Waals surface area contributed by atoms with E-state index in [-0.39, 0.29) is 5.78 Å². The molecule has 2 rings (SSSR count). The Morgan fingerprint density at radius 2 is 2.06 bits per heavy atom. The average molecular weight is 261 g/mol. The topological polar surface area (TPSA) is 47.8 Å². The molecule has 1 aromatic carbocycles. The molecular formula is C13H15N3OS. The maximum atomic E-state index is 11.9. The first-order valence-corrected chi connectivity index (χ1v) is 6.77. The third-order valence-electron chi connectivity index (χ3n) is 2.52. The van der Waals surface area contributed by atoms with E-state index in [9.17, 15) is 4.79 Å². The van der Waals surface area contributed by atoms with Crippen molar-refractivity contribution in [3.63, 3.8) is 0 Å². The van der Waals surface area contributed by atoms with Crippen molar-refractivity contribution >= 4 is 17.5 Å². The Balaban J connectivity index is 2.00. The predicted molar refractivity (Wildman–Crippen MR) is 71.9 cm³/mol. The number of carbonyl (C=O) groups is 1. The number of hydrogen-bond donors (Lipinski definition) is 0. The monoisotopic (exact) mass is 261 g/mol. The van der Waals surface area contributed by atoms with Crippen LogP contribution >= 0.6 is 11.8 Å². The second-order valence-corrected chi connectivity index (χ2v) is 5.13. The number of thioether (sulfide) groups is 1. The molecule has 0 spiro atoms. The lowest BCUT2D eigenvalue weighted by molar-refractivity contribution is 0.102. The van der Waals surface area contributed by atoms with Gasteiger partial charge in [-0.2, -0.15) is 0 Å². The number of aromatic nitrogens is 3. The summed E-state index contributed by atoms with van der Waals surface area (Å²) >= 11 is 1.42. The number of nitrogens with zero attached hydrogens (tertiary/aromatic N) is 3.